The van der Waals surface area contributed by atoms with Gasteiger partial charge in [0.15, 0.2) is 9.84 Å². The lowest BCUT2D eigenvalue weighted by Gasteiger charge is -2.38. The van der Waals surface area contributed by atoms with Crippen molar-refractivity contribution in [1.82, 2.24) is 10.2 Å². The van der Waals surface area contributed by atoms with Gasteiger partial charge in [0.1, 0.15) is 0 Å². The fourth-order valence-electron chi connectivity index (χ4n) is 3.45. The van der Waals surface area contributed by atoms with Crippen molar-refractivity contribution < 1.29 is 13.5 Å². The molecule has 0 bridgehead atoms. The molecule has 0 aromatic heterocycles. The molecule has 2 aliphatic rings. The number of rotatable bonds is 5. The lowest BCUT2D eigenvalue weighted by molar-refractivity contribution is 0.0540. The fourth-order valence-corrected chi connectivity index (χ4v) is 5.28. The van der Waals surface area contributed by atoms with Gasteiger partial charge in [0.25, 0.3) is 0 Å². The molecule has 2 fully saturated rings. The maximum Gasteiger partial charge on any atom is 0.154 e. The van der Waals surface area contributed by atoms with Crippen LogP contribution in [0.15, 0.2) is 0 Å². The number of hydrogen-bond donors (Lipinski definition) is 2. The molecule has 2 heterocycles. The molecule has 2 aliphatic heterocycles. The van der Waals surface area contributed by atoms with Crippen LogP contribution in [0.4, 0.5) is 0 Å². The summed E-state index contributed by atoms with van der Waals surface area (Å²) in [7, 11) is -3.04. The van der Waals surface area contributed by atoms with Crippen LogP contribution in [0, 0.1) is 5.92 Å². The Balaban J connectivity index is 1.82. The number of nitrogens with one attached hydrogen (secondary N) is 1. The average Bonchev–Trinajstić information content (AvgIpc) is 2.69. The molecule has 0 saturated carbocycles. The minimum Gasteiger partial charge on any atom is -0.390 e. The predicted molar refractivity (Wildman–Crippen MR) is 80.5 cm³/mol. The van der Waals surface area contributed by atoms with Crippen molar-refractivity contribution in [2.45, 2.75) is 51.3 Å². The zero-order chi connectivity index (χ0) is 14.8. The summed E-state index contributed by atoms with van der Waals surface area (Å²) >= 11 is 0. The Kier molecular flexibility index (Phi) is 5.45. The van der Waals surface area contributed by atoms with Gasteiger partial charge in [0.05, 0.1) is 23.7 Å². The monoisotopic (exact) mass is 304 g/mol. The normalized spacial score (nSPS) is 33.4. The second-order valence-corrected chi connectivity index (χ2v) is 8.48. The summed E-state index contributed by atoms with van der Waals surface area (Å²) in [4.78, 5) is 2.18. The Hall–Kier alpha value is -0.170. The third-order valence-corrected chi connectivity index (χ3v) is 6.46. The molecule has 118 valence electrons. The first-order chi connectivity index (χ1) is 9.43. The van der Waals surface area contributed by atoms with Crippen molar-refractivity contribution in [3.63, 3.8) is 0 Å². The number of nitrogens with zero attached hydrogens (tertiary/aromatic N) is 1. The van der Waals surface area contributed by atoms with E-state index in [1.165, 1.54) is 0 Å². The molecule has 20 heavy (non-hydrogen) atoms. The molecule has 0 spiro atoms. The van der Waals surface area contributed by atoms with E-state index < -0.39 is 15.9 Å². The Morgan fingerprint density at radius 1 is 1.30 bits per heavy atom. The van der Waals surface area contributed by atoms with E-state index in [0.29, 0.717) is 12.0 Å². The molecule has 0 aromatic rings. The van der Waals surface area contributed by atoms with E-state index in [1.807, 2.05) is 0 Å². The van der Waals surface area contributed by atoms with Gasteiger partial charge in [0.2, 0.25) is 0 Å². The molecule has 5 nitrogen and oxygen atoms in total. The van der Waals surface area contributed by atoms with Crippen LogP contribution in [0.5, 0.6) is 0 Å². The second kappa shape index (κ2) is 6.73. The van der Waals surface area contributed by atoms with Crippen LogP contribution < -0.4 is 5.32 Å². The van der Waals surface area contributed by atoms with E-state index in [4.69, 9.17) is 0 Å². The fraction of sp³-hybridized carbons (Fsp3) is 1.00. The highest BCUT2D eigenvalue weighted by atomic mass is 32.2. The zero-order valence-electron chi connectivity index (χ0n) is 12.6. The SMILES string of the molecule is CCCNC(C)C1CCN(C2CS(=O)(=O)CC2O)CC1. The average molecular weight is 304 g/mol. The van der Waals surface area contributed by atoms with Crippen LogP contribution in [0.3, 0.4) is 0 Å². The number of sulfone groups is 1. The van der Waals surface area contributed by atoms with Crippen molar-refractivity contribution in [2.24, 2.45) is 5.92 Å². The lowest BCUT2D eigenvalue weighted by atomic mass is 9.89. The summed E-state index contributed by atoms with van der Waals surface area (Å²) in [5, 5.41) is 13.5. The van der Waals surface area contributed by atoms with Crippen LogP contribution in [0.25, 0.3) is 0 Å². The van der Waals surface area contributed by atoms with Crippen LogP contribution >= 0.6 is 0 Å². The summed E-state index contributed by atoms with van der Waals surface area (Å²) in [5.74, 6) is 0.724. The highest BCUT2D eigenvalue weighted by Gasteiger charge is 2.41. The second-order valence-electron chi connectivity index (χ2n) is 6.33. The molecule has 0 amide bonds. The Bertz CT molecular complexity index is 405. The molecule has 0 aliphatic carbocycles. The smallest absolute Gasteiger partial charge is 0.154 e. The molecular weight excluding hydrogens is 276 g/mol. The number of hydrogen-bond acceptors (Lipinski definition) is 5. The van der Waals surface area contributed by atoms with Gasteiger partial charge in [-0.25, -0.2) is 8.42 Å². The first-order valence-corrected chi connectivity index (χ1v) is 9.61. The molecule has 2 rings (SSSR count). The van der Waals surface area contributed by atoms with Gasteiger partial charge in [-0.3, -0.25) is 4.90 Å². The Morgan fingerprint density at radius 3 is 2.45 bits per heavy atom. The van der Waals surface area contributed by atoms with Gasteiger partial charge >= 0.3 is 0 Å². The van der Waals surface area contributed by atoms with Crippen LogP contribution in [0.1, 0.15) is 33.1 Å². The van der Waals surface area contributed by atoms with E-state index in [0.717, 1.165) is 38.9 Å². The largest absolute Gasteiger partial charge is 0.390 e. The summed E-state index contributed by atoms with van der Waals surface area (Å²) < 4.78 is 23.2. The highest BCUT2D eigenvalue weighted by Crippen LogP contribution is 2.26. The van der Waals surface area contributed by atoms with Crippen molar-refractivity contribution in [2.75, 3.05) is 31.1 Å². The molecule has 0 aromatic carbocycles. The van der Waals surface area contributed by atoms with Crippen molar-refractivity contribution in [3.05, 3.63) is 0 Å². The van der Waals surface area contributed by atoms with Crippen molar-refractivity contribution in [3.8, 4) is 0 Å². The lowest BCUT2D eigenvalue weighted by Crippen LogP contribution is -2.49. The summed E-state index contributed by atoms with van der Waals surface area (Å²) in [5.41, 5.74) is 0. The number of likely N-dealkylation sites (tertiary alicyclic amines) is 1. The minimum atomic E-state index is -3.04. The molecule has 2 saturated heterocycles. The Morgan fingerprint density at radius 2 is 1.95 bits per heavy atom. The van der Waals surface area contributed by atoms with Gasteiger partial charge < -0.3 is 10.4 Å². The maximum absolute atomic E-state index is 11.6. The standard InChI is InChI=1S/C14H28N2O3S/c1-3-6-15-11(2)12-4-7-16(8-5-12)13-9-20(18,19)10-14(13)17/h11-15,17H,3-10H2,1-2H3. The molecular formula is C14H28N2O3S. The quantitative estimate of drug-likeness (QED) is 0.762. The van der Waals surface area contributed by atoms with Gasteiger partial charge in [-0.15, -0.1) is 0 Å². The summed E-state index contributed by atoms with van der Waals surface area (Å²) in [6.45, 7) is 7.27. The number of piperidine rings is 1. The molecule has 3 atom stereocenters. The van der Waals surface area contributed by atoms with Crippen molar-refractivity contribution in [1.29, 1.82) is 0 Å². The topological polar surface area (TPSA) is 69.6 Å². The predicted octanol–water partition coefficient (Wildman–Crippen LogP) is 0.244. The van der Waals surface area contributed by atoms with E-state index >= 15 is 0 Å². The van der Waals surface area contributed by atoms with Gasteiger partial charge in [-0.05, 0) is 51.7 Å². The maximum atomic E-state index is 11.6. The van der Waals surface area contributed by atoms with Gasteiger partial charge in [-0.1, -0.05) is 6.92 Å². The highest BCUT2D eigenvalue weighted by molar-refractivity contribution is 7.91. The Labute approximate surface area is 122 Å². The number of aliphatic hydroxyl groups excluding tert-OH is 1. The van der Waals surface area contributed by atoms with E-state index in [1.54, 1.807) is 0 Å². The van der Waals surface area contributed by atoms with E-state index in [9.17, 15) is 13.5 Å². The molecule has 2 N–H and O–H groups in total. The molecule has 6 heteroatoms. The van der Waals surface area contributed by atoms with E-state index in [-0.39, 0.29) is 17.5 Å². The minimum absolute atomic E-state index is 0.0634. The molecule has 3 unspecified atom stereocenters. The van der Waals surface area contributed by atoms with Gasteiger partial charge in [-0.2, -0.15) is 0 Å². The van der Waals surface area contributed by atoms with Gasteiger partial charge in [0, 0.05) is 6.04 Å². The third-order valence-electron chi connectivity index (χ3n) is 4.76. The molecule has 0 radical (unpaired) electrons. The van der Waals surface area contributed by atoms with E-state index in [2.05, 4.69) is 24.1 Å². The van der Waals surface area contributed by atoms with Crippen LogP contribution in [-0.4, -0.2) is 67.8 Å². The summed E-state index contributed by atoms with van der Waals surface area (Å²) in [6, 6.07) is 0.342. The first-order valence-electron chi connectivity index (χ1n) is 7.79. The van der Waals surface area contributed by atoms with Crippen LogP contribution in [-0.2, 0) is 9.84 Å². The van der Waals surface area contributed by atoms with Crippen LogP contribution in [0.2, 0.25) is 0 Å². The number of aliphatic hydroxyl groups is 1. The third kappa shape index (κ3) is 3.93. The zero-order valence-corrected chi connectivity index (χ0v) is 13.4. The first kappa shape index (κ1) is 16.2. The van der Waals surface area contributed by atoms with Crippen molar-refractivity contribution >= 4 is 9.84 Å². The summed E-state index contributed by atoms with van der Waals surface area (Å²) in [6.07, 6.45) is 2.62.